The van der Waals surface area contributed by atoms with Gasteiger partial charge in [0.25, 0.3) is 0 Å². The zero-order valence-electron chi connectivity index (χ0n) is 13.7. The van der Waals surface area contributed by atoms with Crippen LogP contribution in [0.25, 0.3) is 0 Å². The molecule has 0 saturated heterocycles. The van der Waals surface area contributed by atoms with Crippen LogP contribution in [0.15, 0.2) is 58.3 Å². The number of carbonyl (C=O) groups excluding carboxylic acids is 1. The maximum absolute atomic E-state index is 12.5. The molecule has 27 heavy (non-hydrogen) atoms. The van der Waals surface area contributed by atoms with Crippen LogP contribution in [-0.4, -0.2) is 39.5 Å². The van der Waals surface area contributed by atoms with E-state index in [9.17, 15) is 21.6 Å². The minimum absolute atomic E-state index is 0.119. The molecule has 0 bridgehead atoms. The normalized spacial score (nSPS) is 12.1. The van der Waals surface area contributed by atoms with Crippen LogP contribution < -0.4 is 5.48 Å². The summed E-state index contributed by atoms with van der Waals surface area (Å²) < 4.78 is 50.1. The molecule has 0 heterocycles. The van der Waals surface area contributed by atoms with E-state index in [2.05, 4.69) is 0 Å². The minimum Gasteiger partial charge on any atom is -0.289 e. The number of hydrogen-bond donors (Lipinski definition) is 2. The van der Waals surface area contributed by atoms with E-state index in [4.69, 9.17) is 28.4 Å². The molecule has 0 spiro atoms. The molecule has 2 N–H and O–H groups in total. The Morgan fingerprint density at radius 3 is 1.44 bits per heavy atom. The van der Waals surface area contributed by atoms with Gasteiger partial charge in [-0.15, -0.1) is 0 Å². The first-order valence-corrected chi connectivity index (χ1v) is 11.5. The molecular weight excluding hydrogens is 437 g/mol. The van der Waals surface area contributed by atoms with Crippen molar-refractivity contribution in [1.82, 2.24) is 5.48 Å². The number of benzene rings is 2. The zero-order chi connectivity index (χ0) is 20.2. The molecule has 0 aliphatic rings. The van der Waals surface area contributed by atoms with Crippen LogP contribution in [-0.2, 0) is 24.5 Å². The van der Waals surface area contributed by atoms with Gasteiger partial charge in [0.1, 0.15) is 0 Å². The molecule has 1 amide bonds. The predicted molar refractivity (Wildman–Crippen MR) is 100 cm³/mol. The molecule has 11 heteroatoms. The monoisotopic (exact) mass is 451 g/mol. The fourth-order valence-corrected chi connectivity index (χ4v) is 5.78. The lowest BCUT2D eigenvalue weighted by Crippen LogP contribution is -2.37. The molecular formula is C16H15Cl2NO6S2. The first-order chi connectivity index (χ1) is 12.5. The highest BCUT2D eigenvalue weighted by Crippen LogP contribution is 2.21. The molecule has 0 radical (unpaired) electrons. The van der Waals surface area contributed by atoms with Gasteiger partial charge in [-0.1, -0.05) is 23.2 Å². The molecule has 0 aromatic heterocycles. The smallest absolute Gasteiger partial charge is 0.248 e. The van der Waals surface area contributed by atoms with Crippen LogP contribution in [0, 0.1) is 5.92 Å². The van der Waals surface area contributed by atoms with Gasteiger partial charge in [0.2, 0.25) is 5.91 Å². The molecule has 0 atom stereocenters. The van der Waals surface area contributed by atoms with Crippen LogP contribution in [0.3, 0.4) is 0 Å². The SMILES string of the molecule is O=C(NO)C(CS(=O)(=O)c1ccc(Cl)cc1)CS(=O)(=O)c1ccc(Cl)cc1. The largest absolute Gasteiger partial charge is 0.289 e. The standard InChI is InChI=1S/C16H15Cl2NO6S2/c17-12-1-5-14(6-2-12)26(22,23)9-11(16(20)19-21)10-27(24,25)15-7-3-13(18)4-8-15/h1-8,11,21H,9-10H2,(H,19,20). The van der Waals surface area contributed by atoms with Gasteiger partial charge in [0.05, 0.1) is 27.2 Å². The Hall–Kier alpha value is -1.65. The highest BCUT2D eigenvalue weighted by Gasteiger charge is 2.32. The summed E-state index contributed by atoms with van der Waals surface area (Å²) in [5, 5.41) is 9.53. The van der Waals surface area contributed by atoms with Crippen molar-refractivity contribution in [2.45, 2.75) is 9.79 Å². The van der Waals surface area contributed by atoms with Gasteiger partial charge in [0, 0.05) is 10.0 Å². The first kappa shape index (κ1) is 21.6. The number of hydroxylamine groups is 1. The van der Waals surface area contributed by atoms with E-state index >= 15 is 0 Å². The maximum atomic E-state index is 12.5. The molecule has 0 unspecified atom stereocenters. The van der Waals surface area contributed by atoms with Gasteiger partial charge in [0.15, 0.2) is 19.7 Å². The third kappa shape index (κ3) is 5.66. The number of carbonyl (C=O) groups is 1. The van der Waals surface area contributed by atoms with Crippen molar-refractivity contribution < 1.29 is 26.8 Å². The van der Waals surface area contributed by atoms with Gasteiger partial charge < -0.3 is 0 Å². The molecule has 2 aromatic carbocycles. The van der Waals surface area contributed by atoms with Crippen LogP contribution in [0.1, 0.15) is 0 Å². The summed E-state index contributed by atoms with van der Waals surface area (Å²) in [6, 6.07) is 10.4. The second-order valence-corrected chi connectivity index (χ2v) is 10.6. The average molecular weight is 452 g/mol. The summed E-state index contributed by atoms with van der Waals surface area (Å²) in [6.07, 6.45) is 0. The van der Waals surface area contributed by atoms with Gasteiger partial charge in [-0.25, -0.2) is 22.3 Å². The number of halogens is 2. The van der Waals surface area contributed by atoms with Crippen LogP contribution in [0.4, 0.5) is 0 Å². The van der Waals surface area contributed by atoms with E-state index in [1.165, 1.54) is 54.0 Å². The third-order valence-corrected chi connectivity index (χ3v) is 7.83. The lowest BCUT2D eigenvalue weighted by molar-refractivity contribution is -0.132. The van der Waals surface area contributed by atoms with Crippen molar-refractivity contribution in [3.63, 3.8) is 0 Å². The fourth-order valence-electron chi connectivity index (χ4n) is 2.30. The molecule has 2 rings (SSSR count). The van der Waals surface area contributed by atoms with E-state index in [1.807, 2.05) is 0 Å². The zero-order valence-corrected chi connectivity index (χ0v) is 16.8. The van der Waals surface area contributed by atoms with Crippen molar-refractivity contribution in [2.24, 2.45) is 5.92 Å². The fraction of sp³-hybridized carbons (Fsp3) is 0.188. The van der Waals surface area contributed by atoms with Crippen molar-refractivity contribution in [1.29, 1.82) is 0 Å². The Kier molecular flexibility index (Phi) is 6.87. The Labute approximate surface area is 166 Å². The highest BCUT2D eigenvalue weighted by atomic mass is 35.5. The number of nitrogens with one attached hydrogen (secondary N) is 1. The number of amides is 1. The molecule has 0 fully saturated rings. The number of rotatable bonds is 7. The summed E-state index contributed by atoms with van der Waals surface area (Å²) >= 11 is 11.5. The van der Waals surface area contributed by atoms with Gasteiger partial charge in [-0.2, -0.15) is 0 Å². The summed E-state index contributed by atoms with van der Waals surface area (Å²) in [4.78, 5) is 11.7. The Morgan fingerprint density at radius 2 is 1.15 bits per heavy atom. The Morgan fingerprint density at radius 1 is 0.815 bits per heavy atom. The van der Waals surface area contributed by atoms with Crippen LogP contribution in [0.5, 0.6) is 0 Å². The van der Waals surface area contributed by atoms with Gasteiger partial charge in [-0.05, 0) is 48.5 Å². The minimum atomic E-state index is -4.01. The van der Waals surface area contributed by atoms with Crippen molar-refractivity contribution in [3.05, 3.63) is 58.6 Å². The summed E-state index contributed by atoms with van der Waals surface area (Å²) in [5.74, 6) is -4.27. The third-order valence-electron chi connectivity index (χ3n) is 3.67. The second-order valence-electron chi connectivity index (χ2n) is 5.64. The lowest BCUT2D eigenvalue weighted by Gasteiger charge is -2.15. The van der Waals surface area contributed by atoms with E-state index in [0.717, 1.165) is 0 Å². The van der Waals surface area contributed by atoms with Crippen molar-refractivity contribution in [3.8, 4) is 0 Å². The molecule has 0 saturated carbocycles. The van der Waals surface area contributed by atoms with E-state index < -0.39 is 43.0 Å². The molecule has 146 valence electrons. The second kappa shape index (κ2) is 8.57. The quantitative estimate of drug-likeness (QED) is 0.492. The number of hydrogen-bond acceptors (Lipinski definition) is 6. The van der Waals surface area contributed by atoms with Crippen molar-refractivity contribution in [2.75, 3.05) is 11.5 Å². The Bertz CT molecular complexity index is 942. The summed E-state index contributed by atoms with van der Waals surface area (Å²) in [5.41, 5.74) is 1.32. The predicted octanol–water partition coefficient (Wildman–Crippen LogP) is 2.36. The first-order valence-electron chi connectivity index (χ1n) is 7.46. The molecule has 7 nitrogen and oxygen atoms in total. The van der Waals surface area contributed by atoms with Crippen LogP contribution in [0.2, 0.25) is 10.0 Å². The van der Waals surface area contributed by atoms with Crippen molar-refractivity contribution >= 4 is 48.8 Å². The average Bonchev–Trinajstić information content (AvgIpc) is 2.60. The van der Waals surface area contributed by atoms with Crippen LogP contribution >= 0.6 is 23.2 Å². The van der Waals surface area contributed by atoms with Gasteiger partial charge >= 0.3 is 0 Å². The number of sulfone groups is 2. The van der Waals surface area contributed by atoms with E-state index in [0.29, 0.717) is 10.0 Å². The van der Waals surface area contributed by atoms with Gasteiger partial charge in [-0.3, -0.25) is 10.0 Å². The Balaban J connectivity index is 2.31. The van der Waals surface area contributed by atoms with E-state index in [1.54, 1.807) is 0 Å². The maximum Gasteiger partial charge on any atom is 0.248 e. The molecule has 2 aromatic rings. The van der Waals surface area contributed by atoms with E-state index in [-0.39, 0.29) is 9.79 Å². The lowest BCUT2D eigenvalue weighted by atomic mass is 10.2. The molecule has 0 aliphatic carbocycles. The topological polar surface area (TPSA) is 118 Å². The summed E-state index contributed by atoms with van der Waals surface area (Å²) in [7, 11) is -8.02. The summed E-state index contributed by atoms with van der Waals surface area (Å²) in [6.45, 7) is 0. The molecule has 0 aliphatic heterocycles. The highest BCUT2D eigenvalue weighted by molar-refractivity contribution is 7.92.